The molecule has 3 heteroatoms. The minimum atomic E-state index is 0.745. The molecular weight excluding hydrogens is 174 g/mol. The highest BCUT2D eigenvalue weighted by atomic mass is 35.5. The van der Waals surface area contributed by atoms with E-state index in [0.29, 0.717) is 0 Å². The van der Waals surface area contributed by atoms with Crippen molar-refractivity contribution < 1.29 is 4.42 Å². The second-order valence-corrected chi connectivity index (χ2v) is 2.86. The van der Waals surface area contributed by atoms with E-state index in [4.69, 9.17) is 16.0 Å². The predicted molar refractivity (Wildman–Crippen MR) is 50.0 cm³/mol. The Labute approximate surface area is 77.2 Å². The van der Waals surface area contributed by atoms with E-state index in [-0.39, 0.29) is 0 Å². The van der Waals surface area contributed by atoms with Gasteiger partial charge in [0.15, 0.2) is 0 Å². The molecule has 1 rings (SSSR count). The summed E-state index contributed by atoms with van der Waals surface area (Å²) in [4.78, 5) is 0. The summed E-state index contributed by atoms with van der Waals surface area (Å²) in [5, 5.41) is 3.19. The van der Waals surface area contributed by atoms with Crippen molar-refractivity contribution in [3.05, 3.63) is 35.3 Å². The molecule has 0 aliphatic heterocycles. The van der Waals surface area contributed by atoms with E-state index in [1.165, 1.54) is 0 Å². The fourth-order valence-electron chi connectivity index (χ4n) is 0.835. The van der Waals surface area contributed by atoms with Gasteiger partial charge in [-0.05, 0) is 24.6 Å². The lowest BCUT2D eigenvalue weighted by Gasteiger charge is -2.00. The van der Waals surface area contributed by atoms with Crippen molar-refractivity contribution in [3.8, 4) is 0 Å². The molecule has 1 heterocycles. The first-order valence-corrected chi connectivity index (χ1v) is 4.25. The molecule has 0 spiro atoms. The Balaban J connectivity index is 2.19. The molecule has 0 atom stereocenters. The lowest BCUT2D eigenvalue weighted by Crippen LogP contribution is -2.14. The van der Waals surface area contributed by atoms with Crippen LogP contribution in [0.2, 0.25) is 0 Å². The van der Waals surface area contributed by atoms with Crippen LogP contribution in [0.3, 0.4) is 0 Å². The third-order valence-electron chi connectivity index (χ3n) is 1.47. The fourth-order valence-corrected chi connectivity index (χ4v) is 0.912. The Morgan fingerprint density at radius 3 is 3.17 bits per heavy atom. The molecule has 1 aromatic rings. The third kappa shape index (κ3) is 3.11. The molecule has 1 aromatic heterocycles. The zero-order valence-corrected chi connectivity index (χ0v) is 7.77. The van der Waals surface area contributed by atoms with E-state index in [1.54, 1.807) is 11.8 Å². The third-order valence-corrected chi connectivity index (χ3v) is 1.84. The summed E-state index contributed by atoms with van der Waals surface area (Å²) in [6, 6.07) is 3.81. The van der Waals surface area contributed by atoms with Crippen molar-refractivity contribution in [2.45, 2.75) is 13.5 Å². The van der Waals surface area contributed by atoms with Gasteiger partial charge in [0.05, 0.1) is 12.8 Å². The van der Waals surface area contributed by atoms with Crippen LogP contribution < -0.4 is 5.32 Å². The summed E-state index contributed by atoms with van der Waals surface area (Å²) in [6.07, 6.45) is 1.67. The molecule has 0 saturated carbocycles. The maximum Gasteiger partial charge on any atom is 0.117 e. The maximum atomic E-state index is 5.49. The van der Waals surface area contributed by atoms with Crippen molar-refractivity contribution in [1.29, 1.82) is 0 Å². The average Bonchev–Trinajstić information content (AvgIpc) is 2.57. The minimum absolute atomic E-state index is 0.745. The molecule has 0 aliphatic rings. The Morgan fingerprint density at radius 2 is 2.58 bits per heavy atom. The maximum absolute atomic E-state index is 5.49. The average molecular weight is 186 g/mol. The SMILES string of the molecule is C/C(=C/Cl)CNCc1ccco1. The zero-order valence-electron chi connectivity index (χ0n) is 7.01. The van der Waals surface area contributed by atoms with Crippen LogP contribution in [0.1, 0.15) is 12.7 Å². The van der Waals surface area contributed by atoms with Gasteiger partial charge in [0.2, 0.25) is 0 Å². The Kier molecular flexibility index (Phi) is 3.91. The first kappa shape index (κ1) is 9.36. The van der Waals surface area contributed by atoms with E-state index in [0.717, 1.165) is 24.4 Å². The van der Waals surface area contributed by atoms with Crippen molar-refractivity contribution >= 4 is 11.6 Å². The van der Waals surface area contributed by atoms with Crippen LogP contribution in [-0.4, -0.2) is 6.54 Å². The van der Waals surface area contributed by atoms with E-state index in [1.807, 2.05) is 19.1 Å². The Bertz CT molecular complexity index is 241. The lowest BCUT2D eigenvalue weighted by atomic mass is 10.3. The minimum Gasteiger partial charge on any atom is -0.468 e. The molecule has 2 nitrogen and oxygen atoms in total. The van der Waals surface area contributed by atoms with Gasteiger partial charge in [0, 0.05) is 12.1 Å². The summed E-state index contributed by atoms with van der Waals surface area (Å²) in [5.41, 5.74) is 2.69. The quantitative estimate of drug-likeness (QED) is 0.780. The van der Waals surface area contributed by atoms with Gasteiger partial charge in [-0.2, -0.15) is 0 Å². The van der Waals surface area contributed by atoms with Crippen LogP contribution in [0, 0.1) is 0 Å². The standard InChI is InChI=1S/C9H12ClNO/c1-8(5-10)6-11-7-9-3-2-4-12-9/h2-5,11H,6-7H2,1H3/b8-5-. The molecule has 0 amide bonds. The number of hydrogen-bond donors (Lipinski definition) is 1. The van der Waals surface area contributed by atoms with Gasteiger partial charge < -0.3 is 9.73 Å². The number of halogens is 1. The molecule has 0 aliphatic carbocycles. The highest BCUT2D eigenvalue weighted by molar-refractivity contribution is 6.25. The van der Waals surface area contributed by atoms with E-state index >= 15 is 0 Å². The largest absolute Gasteiger partial charge is 0.468 e. The van der Waals surface area contributed by atoms with Crippen LogP contribution in [0.5, 0.6) is 0 Å². The monoisotopic (exact) mass is 185 g/mol. The summed E-state index contributed by atoms with van der Waals surface area (Å²) < 4.78 is 5.13. The van der Waals surface area contributed by atoms with Gasteiger partial charge in [-0.15, -0.1) is 0 Å². The first-order valence-electron chi connectivity index (χ1n) is 3.82. The summed E-state index contributed by atoms with van der Waals surface area (Å²) in [5.74, 6) is 0.942. The van der Waals surface area contributed by atoms with Gasteiger partial charge in [-0.3, -0.25) is 0 Å². The molecule has 0 aromatic carbocycles. The smallest absolute Gasteiger partial charge is 0.117 e. The second-order valence-electron chi connectivity index (χ2n) is 2.64. The molecule has 66 valence electrons. The van der Waals surface area contributed by atoms with Gasteiger partial charge in [0.25, 0.3) is 0 Å². The second kappa shape index (κ2) is 5.01. The van der Waals surface area contributed by atoms with Gasteiger partial charge in [-0.1, -0.05) is 11.6 Å². The number of furan rings is 1. The normalized spacial score (nSPS) is 12.0. The highest BCUT2D eigenvalue weighted by Crippen LogP contribution is 1.99. The van der Waals surface area contributed by atoms with E-state index in [2.05, 4.69) is 5.32 Å². The van der Waals surface area contributed by atoms with Crippen LogP contribution in [-0.2, 0) is 6.54 Å². The summed E-state index contributed by atoms with van der Waals surface area (Å²) in [7, 11) is 0. The van der Waals surface area contributed by atoms with Crippen LogP contribution in [0.15, 0.2) is 33.9 Å². The molecule has 0 unspecified atom stereocenters. The Morgan fingerprint density at radius 1 is 1.75 bits per heavy atom. The predicted octanol–water partition coefficient (Wildman–Crippen LogP) is 2.51. The number of hydrogen-bond acceptors (Lipinski definition) is 2. The van der Waals surface area contributed by atoms with E-state index < -0.39 is 0 Å². The van der Waals surface area contributed by atoms with Crippen molar-refractivity contribution in [2.75, 3.05) is 6.54 Å². The molecule has 12 heavy (non-hydrogen) atoms. The van der Waals surface area contributed by atoms with E-state index in [9.17, 15) is 0 Å². The van der Waals surface area contributed by atoms with Crippen LogP contribution in [0.4, 0.5) is 0 Å². The fraction of sp³-hybridized carbons (Fsp3) is 0.333. The Hall–Kier alpha value is -0.730. The molecule has 1 N–H and O–H groups in total. The first-order chi connectivity index (χ1) is 5.83. The van der Waals surface area contributed by atoms with Crippen LogP contribution >= 0.6 is 11.6 Å². The highest BCUT2D eigenvalue weighted by Gasteiger charge is 1.93. The zero-order chi connectivity index (χ0) is 8.81. The van der Waals surface area contributed by atoms with Crippen molar-refractivity contribution in [2.24, 2.45) is 0 Å². The number of nitrogens with one attached hydrogen (secondary N) is 1. The van der Waals surface area contributed by atoms with Crippen LogP contribution in [0.25, 0.3) is 0 Å². The number of rotatable bonds is 4. The van der Waals surface area contributed by atoms with Gasteiger partial charge in [-0.25, -0.2) is 0 Å². The van der Waals surface area contributed by atoms with Gasteiger partial charge in [0.1, 0.15) is 5.76 Å². The molecule has 0 fully saturated rings. The summed E-state index contributed by atoms with van der Waals surface area (Å²) in [6.45, 7) is 3.52. The molecular formula is C9H12ClNO. The molecule has 0 bridgehead atoms. The van der Waals surface area contributed by atoms with Crippen molar-refractivity contribution in [1.82, 2.24) is 5.32 Å². The summed E-state index contributed by atoms with van der Waals surface area (Å²) >= 11 is 5.49. The molecule has 0 saturated heterocycles. The van der Waals surface area contributed by atoms with Crippen molar-refractivity contribution in [3.63, 3.8) is 0 Å². The topological polar surface area (TPSA) is 25.2 Å². The lowest BCUT2D eigenvalue weighted by molar-refractivity contribution is 0.489. The van der Waals surface area contributed by atoms with Gasteiger partial charge >= 0.3 is 0 Å². The molecule has 0 radical (unpaired) electrons.